The molecule has 2 aliphatic rings. The first-order valence-corrected chi connectivity index (χ1v) is 7.37. The van der Waals surface area contributed by atoms with Crippen molar-refractivity contribution in [3.63, 3.8) is 0 Å². The fraction of sp³-hybridized carbons (Fsp3) is 0.438. The molecule has 2 aromatic rings. The zero-order valence-electron chi connectivity index (χ0n) is 12.0. The van der Waals surface area contributed by atoms with Crippen LogP contribution in [-0.2, 0) is 0 Å². The van der Waals surface area contributed by atoms with Crippen LogP contribution in [0.1, 0.15) is 25.3 Å². The highest BCUT2D eigenvalue weighted by atomic mass is 16.6. The Labute approximate surface area is 123 Å². The molecule has 0 N–H and O–H groups in total. The van der Waals surface area contributed by atoms with E-state index in [1.54, 1.807) is 7.11 Å². The number of rotatable bonds is 3. The van der Waals surface area contributed by atoms with E-state index in [1.807, 2.05) is 18.3 Å². The quantitative estimate of drug-likeness (QED) is 0.870. The first kappa shape index (κ1) is 12.6. The molecule has 110 valence electrons. The van der Waals surface area contributed by atoms with Crippen molar-refractivity contribution in [3.05, 3.63) is 24.5 Å². The van der Waals surface area contributed by atoms with E-state index in [0.29, 0.717) is 19.3 Å². The third-order valence-corrected chi connectivity index (χ3v) is 4.24. The van der Waals surface area contributed by atoms with Crippen molar-refractivity contribution in [3.8, 4) is 28.6 Å². The van der Waals surface area contributed by atoms with Gasteiger partial charge in [0.1, 0.15) is 24.8 Å². The molecular formula is C16H18N2O3. The van der Waals surface area contributed by atoms with Gasteiger partial charge in [0.05, 0.1) is 12.7 Å². The molecule has 5 heteroatoms. The summed E-state index contributed by atoms with van der Waals surface area (Å²) in [5.41, 5.74) is 0.957. The fourth-order valence-electron chi connectivity index (χ4n) is 2.89. The van der Waals surface area contributed by atoms with Gasteiger partial charge < -0.3 is 18.8 Å². The molecule has 21 heavy (non-hydrogen) atoms. The summed E-state index contributed by atoms with van der Waals surface area (Å²) in [5.74, 6) is 3.21. The average Bonchev–Trinajstić information content (AvgIpc) is 2.93. The van der Waals surface area contributed by atoms with Crippen LogP contribution >= 0.6 is 0 Å². The van der Waals surface area contributed by atoms with Gasteiger partial charge in [-0.3, -0.25) is 0 Å². The van der Waals surface area contributed by atoms with Crippen LogP contribution in [0.2, 0.25) is 0 Å². The van der Waals surface area contributed by atoms with Crippen molar-refractivity contribution in [2.45, 2.75) is 25.3 Å². The van der Waals surface area contributed by atoms with Crippen molar-refractivity contribution in [1.29, 1.82) is 0 Å². The number of hydrogen-bond donors (Lipinski definition) is 0. The maximum absolute atomic E-state index is 5.68. The van der Waals surface area contributed by atoms with Crippen molar-refractivity contribution in [2.75, 3.05) is 20.3 Å². The Kier molecular flexibility index (Phi) is 2.98. The van der Waals surface area contributed by atoms with Gasteiger partial charge in [0.25, 0.3) is 0 Å². The zero-order chi connectivity index (χ0) is 14.2. The molecule has 4 rings (SSSR count). The van der Waals surface area contributed by atoms with Crippen LogP contribution in [0.4, 0.5) is 0 Å². The second kappa shape index (κ2) is 4.98. The lowest BCUT2D eigenvalue weighted by Crippen LogP contribution is -2.18. The lowest BCUT2D eigenvalue weighted by atomic mass is 9.92. The summed E-state index contributed by atoms with van der Waals surface area (Å²) in [6, 6.07) is 4.43. The zero-order valence-corrected chi connectivity index (χ0v) is 12.0. The summed E-state index contributed by atoms with van der Waals surface area (Å²) in [4.78, 5) is 4.53. The van der Waals surface area contributed by atoms with Crippen LogP contribution in [0, 0.1) is 0 Å². The molecule has 1 aromatic heterocycles. The summed E-state index contributed by atoms with van der Waals surface area (Å²) in [7, 11) is 1.67. The van der Waals surface area contributed by atoms with Gasteiger partial charge in [-0.1, -0.05) is 0 Å². The minimum atomic E-state index is 0.556. The van der Waals surface area contributed by atoms with Gasteiger partial charge in [0, 0.05) is 24.5 Å². The van der Waals surface area contributed by atoms with Crippen LogP contribution in [-0.4, -0.2) is 29.9 Å². The smallest absolute Gasteiger partial charge is 0.165 e. The summed E-state index contributed by atoms with van der Waals surface area (Å²) in [6.45, 7) is 1.15. The van der Waals surface area contributed by atoms with Gasteiger partial charge in [-0.2, -0.15) is 0 Å². The summed E-state index contributed by atoms with van der Waals surface area (Å²) < 4.78 is 19.1. The maximum Gasteiger partial charge on any atom is 0.165 e. The standard InChI is InChI=1S/C16H18N2O3/c1-19-13-10-15-14(20-7-8-21-15)9-12(13)16-17-5-6-18(16)11-3-2-4-11/h5-6,9-11H,2-4,7-8H2,1H3. The van der Waals surface area contributed by atoms with Crippen LogP contribution in [0.3, 0.4) is 0 Å². The number of methoxy groups -OCH3 is 1. The summed E-state index contributed by atoms with van der Waals surface area (Å²) >= 11 is 0. The molecular weight excluding hydrogens is 268 g/mol. The number of nitrogens with zero attached hydrogens (tertiary/aromatic N) is 2. The molecule has 0 amide bonds. The molecule has 1 aromatic carbocycles. The van der Waals surface area contributed by atoms with Gasteiger partial charge in [-0.15, -0.1) is 0 Å². The molecule has 0 bridgehead atoms. The van der Waals surface area contributed by atoms with Crippen molar-refractivity contribution < 1.29 is 14.2 Å². The third kappa shape index (κ3) is 2.04. The molecule has 0 saturated heterocycles. The van der Waals surface area contributed by atoms with Gasteiger partial charge in [0.15, 0.2) is 11.5 Å². The second-order valence-corrected chi connectivity index (χ2v) is 5.44. The fourth-order valence-corrected chi connectivity index (χ4v) is 2.89. The topological polar surface area (TPSA) is 45.5 Å². The first-order chi connectivity index (χ1) is 10.4. The Bertz CT molecular complexity index is 662. The molecule has 1 aliphatic heterocycles. The van der Waals surface area contributed by atoms with Crippen LogP contribution in [0.15, 0.2) is 24.5 Å². The number of aromatic nitrogens is 2. The number of hydrogen-bond acceptors (Lipinski definition) is 4. The Morgan fingerprint density at radius 3 is 2.62 bits per heavy atom. The van der Waals surface area contributed by atoms with Crippen LogP contribution in [0.25, 0.3) is 11.4 Å². The second-order valence-electron chi connectivity index (χ2n) is 5.44. The van der Waals surface area contributed by atoms with Gasteiger partial charge in [-0.25, -0.2) is 4.98 Å². The van der Waals surface area contributed by atoms with Gasteiger partial charge in [-0.05, 0) is 25.3 Å². The van der Waals surface area contributed by atoms with E-state index < -0.39 is 0 Å². The monoisotopic (exact) mass is 286 g/mol. The highest BCUT2D eigenvalue weighted by molar-refractivity contribution is 5.70. The van der Waals surface area contributed by atoms with E-state index in [1.165, 1.54) is 19.3 Å². The van der Waals surface area contributed by atoms with Crippen molar-refractivity contribution in [2.24, 2.45) is 0 Å². The third-order valence-electron chi connectivity index (χ3n) is 4.24. The number of benzene rings is 1. The number of ether oxygens (including phenoxy) is 3. The maximum atomic E-state index is 5.68. The predicted octanol–water partition coefficient (Wildman–Crippen LogP) is 3.05. The predicted molar refractivity (Wildman–Crippen MR) is 78.1 cm³/mol. The Hall–Kier alpha value is -2.17. The minimum absolute atomic E-state index is 0.556. The van der Waals surface area contributed by atoms with Crippen LogP contribution in [0.5, 0.6) is 17.2 Å². The largest absolute Gasteiger partial charge is 0.496 e. The average molecular weight is 286 g/mol. The van der Waals surface area contributed by atoms with E-state index in [0.717, 1.165) is 28.6 Å². The highest BCUT2D eigenvalue weighted by Crippen LogP contribution is 2.43. The first-order valence-electron chi connectivity index (χ1n) is 7.37. The summed E-state index contributed by atoms with van der Waals surface area (Å²) in [6.07, 6.45) is 7.63. The molecule has 0 spiro atoms. The van der Waals surface area contributed by atoms with E-state index in [4.69, 9.17) is 14.2 Å². The lowest BCUT2D eigenvalue weighted by molar-refractivity contribution is 0.171. The van der Waals surface area contributed by atoms with Crippen LogP contribution < -0.4 is 14.2 Å². The van der Waals surface area contributed by atoms with Gasteiger partial charge in [0.2, 0.25) is 0 Å². The molecule has 1 saturated carbocycles. The van der Waals surface area contributed by atoms with Crippen molar-refractivity contribution in [1.82, 2.24) is 9.55 Å². The minimum Gasteiger partial charge on any atom is -0.496 e. The lowest BCUT2D eigenvalue weighted by Gasteiger charge is -2.29. The Morgan fingerprint density at radius 1 is 1.19 bits per heavy atom. The molecule has 0 atom stereocenters. The van der Waals surface area contributed by atoms with E-state index in [2.05, 4.69) is 15.7 Å². The van der Waals surface area contributed by atoms with Gasteiger partial charge >= 0.3 is 0 Å². The normalized spacial score (nSPS) is 17.4. The summed E-state index contributed by atoms with van der Waals surface area (Å²) in [5, 5.41) is 0. The van der Waals surface area contributed by atoms with E-state index in [9.17, 15) is 0 Å². The molecule has 5 nitrogen and oxygen atoms in total. The van der Waals surface area contributed by atoms with E-state index >= 15 is 0 Å². The molecule has 0 unspecified atom stereocenters. The van der Waals surface area contributed by atoms with E-state index in [-0.39, 0.29) is 0 Å². The SMILES string of the molecule is COc1cc2c(cc1-c1nccn1C1CCC1)OCCO2. The molecule has 1 aliphatic carbocycles. The highest BCUT2D eigenvalue weighted by Gasteiger charge is 2.25. The van der Waals surface area contributed by atoms with Crippen molar-refractivity contribution >= 4 is 0 Å². The molecule has 1 fully saturated rings. The number of imidazole rings is 1. The number of fused-ring (bicyclic) bond motifs is 1. The molecule has 0 radical (unpaired) electrons. The molecule has 2 heterocycles. The Morgan fingerprint density at radius 2 is 1.95 bits per heavy atom. The Balaban J connectivity index is 1.82.